The van der Waals surface area contributed by atoms with Crippen LogP contribution in [-0.4, -0.2) is 31.7 Å². The summed E-state index contributed by atoms with van der Waals surface area (Å²) in [6, 6.07) is 2.66. The van der Waals surface area contributed by atoms with Crippen molar-refractivity contribution in [3.05, 3.63) is 35.8 Å². The quantitative estimate of drug-likeness (QED) is 0.677. The second kappa shape index (κ2) is 4.17. The number of amides is 1. The van der Waals surface area contributed by atoms with Gasteiger partial charge in [0.2, 0.25) is 0 Å². The third kappa shape index (κ3) is 1.98. The van der Waals surface area contributed by atoms with Crippen molar-refractivity contribution in [1.82, 2.24) is 14.8 Å². The normalized spacial score (nSPS) is 10.2. The van der Waals surface area contributed by atoms with Gasteiger partial charge >= 0.3 is 5.97 Å². The summed E-state index contributed by atoms with van der Waals surface area (Å²) in [6.07, 6.45) is 2.66. The van der Waals surface area contributed by atoms with Gasteiger partial charge in [-0.25, -0.2) is 14.5 Å². The van der Waals surface area contributed by atoms with Gasteiger partial charge in [0.25, 0.3) is 5.91 Å². The Balaban J connectivity index is 2.47. The molecule has 2 heterocycles. The molecule has 8 nitrogen and oxygen atoms in total. The van der Waals surface area contributed by atoms with E-state index in [1.165, 1.54) is 29.2 Å². The molecule has 0 unspecified atom stereocenters. The van der Waals surface area contributed by atoms with Gasteiger partial charge in [-0.1, -0.05) is 0 Å². The minimum atomic E-state index is -1.17. The lowest BCUT2D eigenvalue weighted by molar-refractivity contribution is 0.0697. The van der Waals surface area contributed by atoms with Crippen LogP contribution in [0.5, 0.6) is 0 Å². The molecular formula is C10H9N5O3. The zero-order valence-electron chi connectivity index (χ0n) is 9.07. The number of hydrogen-bond acceptors (Lipinski definition) is 5. The first kappa shape index (κ1) is 11.6. The standard InChI is InChI=1S/C10H9N5O3/c11-6-4-13-8(3-5(6)10(17)18)15-2-1-7(14-15)9(12)16/h1-4H,11H2,(H2,12,16)(H,17,18). The number of aromatic nitrogens is 3. The van der Waals surface area contributed by atoms with Crippen LogP contribution in [0.4, 0.5) is 5.69 Å². The number of anilines is 1. The fourth-order valence-electron chi connectivity index (χ4n) is 1.35. The second-order valence-corrected chi connectivity index (χ2v) is 3.44. The Hall–Kier alpha value is -2.90. The highest BCUT2D eigenvalue weighted by Crippen LogP contribution is 2.14. The van der Waals surface area contributed by atoms with E-state index >= 15 is 0 Å². The lowest BCUT2D eigenvalue weighted by Crippen LogP contribution is -2.13. The van der Waals surface area contributed by atoms with Crippen LogP contribution in [0.25, 0.3) is 5.82 Å². The number of primary amides is 1. The number of carboxylic acid groups (broad SMARTS) is 1. The maximum atomic E-state index is 10.9. The van der Waals surface area contributed by atoms with Crippen LogP contribution in [0.2, 0.25) is 0 Å². The summed E-state index contributed by atoms with van der Waals surface area (Å²) in [5.74, 6) is -1.62. The first-order valence-corrected chi connectivity index (χ1v) is 4.83. The summed E-state index contributed by atoms with van der Waals surface area (Å²) in [7, 11) is 0. The SMILES string of the molecule is NC(=O)c1ccn(-c2cc(C(=O)O)c(N)cn2)n1. The average Bonchev–Trinajstić information content (AvgIpc) is 2.78. The van der Waals surface area contributed by atoms with Crippen LogP contribution >= 0.6 is 0 Å². The molecule has 2 aromatic rings. The molecule has 0 radical (unpaired) electrons. The number of nitrogens with zero attached hydrogens (tertiary/aromatic N) is 3. The Morgan fingerprint density at radius 1 is 1.39 bits per heavy atom. The van der Waals surface area contributed by atoms with Crippen molar-refractivity contribution in [2.24, 2.45) is 5.73 Å². The molecule has 18 heavy (non-hydrogen) atoms. The van der Waals surface area contributed by atoms with Crippen LogP contribution in [0.1, 0.15) is 20.8 Å². The molecule has 92 valence electrons. The zero-order valence-corrected chi connectivity index (χ0v) is 9.07. The van der Waals surface area contributed by atoms with Crippen molar-refractivity contribution in [2.75, 3.05) is 5.73 Å². The molecule has 2 rings (SSSR count). The largest absolute Gasteiger partial charge is 0.478 e. The summed E-state index contributed by atoms with van der Waals surface area (Å²) in [5, 5.41) is 12.8. The summed E-state index contributed by atoms with van der Waals surface area (Å²) in [5.41, 5.74) is 10.6. The van der Waals surface area contributed by atoms with E-state index < -0.39 is 11.9 Å². The number of aromatic carboxylic acids is 1. The van der Waals surface area contributed by atoms with E-state index in [0.717, 1.165) is 0 Å². The highest BCUT2D eigenvalue weighted by atomic mass is 16.4. The van der Waals surface area contributed by atoms with E-state index in [1.54, 1.807) is 0 Å². The lowest BCUT2D eigenvalue weighted by Gasteiger charge is -2.04. The van der Waals surface area contributed by atoms with Crippen molar-refractivity contribution in [3.8, 4) is 5.82 Å². The number of pyridine rings is 1. The van der Waals surface area contributed by atoms with Crippen molar-refractivity contribution >= 4 is 17.6 Å². The Morgan fingerprint density at radius 3 is 2.67 bits per heavy atom. The first-order valence-electron chi connectivity index (χ1n) is 4.83. The number of nitrogen functional groups attached to an aromatic ring is 1. The van der Waals surface area contributed by atoms with E-state index in [9.17, 15) is 9.59 Å². The third-order valence-electron chi connectivity index (χ3n) is 2.23. The summed E-state index contributed by atoms with van der Waals surface area (Å²) in [4.78, 5) is 25.7. The minimum Gasteiger partial charge on any atom is -0.478 e. The zero-order chi connectivity index (χ0) is 13.3. The summed E-state index contributed by atoms with van der Waals surface area (Å²) >= 11 is 0. The van der Waals surface area contributed by atoms with Gasteiger partial charge in [-0.3, -0.25) is 4.79 Å². The Labute approximate surface area is 101 Å². The maximum Gasteiger partial charge on any atom is 0.337 e. The Bertz CT molecular complexity index is 634. The second-order valence-electron chi connectivity index (χ2n) is 3.44. The molecule has 8 heteroatoms. The predicted octanol–water partition coefficient (Wildman–Crippen LogP) is -0.353. The van der Waals surface area contributed by atoms with Gasteiger partial charge in [0.15, 0.2) is 5.82 Å². The summed E-state index contributed by atoms with van der Waals surface area (Å²) < 4.78 is 1.24. The van der Waals surface area contributed by atoms with Crippen molar-refractivity contribution in [1.29, 1.82) is 0 Å². The monoisotopic (exact) mass is 247 g/mol. The van der Waals surface area contributed by atoms with Crippen LogP contribution in [0, 0.1) is 0 Å². The van der Waals surface area contributed by atoms with Gasteiger partial charge in [0.05, 0.1) is 17.4 Å². The van der Waals surface area contributed by atoms with Crippen molar-refractivity contribution in [2.45, 2.75) is 0 Å². The average molecular weight is 247 g/mol. The molecule has 0 atom stereocenters. The van der Waals surface area contributed by atoms with Gasteiger partial charge in [-0.15, -0.1) is 0 Å². The van der Waals surface area contributed by atoms with Gasteiger partial charge < -0.3 is 16.6 Å². The predicted molar refractivity (Wildman–Crippen MR) is 61.2 cm³/mol. The minimum absolute atomic E-state index is 0.0496. The number of rotatable bonds is 3. The highest BCUT2D eigenvalue weighted by Gasteiger charge is 2.12. The molecule has 0 aromatic carbocycles. The molecule has 0 saturated carbocycles. The molecular weight excluding hydrogens is 238 g/mol. The maximum absolute atomic E-state index is 10.9. The van der Waals surface area contributed by atoms with Crippen molar-refractivity contribution < 1.29 is 14.7 Å². The van der Waals surface area contributed by atoms with E-state index in [-0.39, 0.29) is 22.8 Å². The Kier molecular flexibility index (Phi) is 2.68. The molecule has 1 amide bonds. The van der Waals surface area contributed by atoms with Crippen molar-refractivity contribution in [3.63, 3.8) is 0 Å². The van der Waals surface area contributed by atoms with E-state index in [1.807, 2.05) is 0 Å². The first-order chi connectivity index (χ1) is 8.49. The van der Waals surface area contributed by atoms with Gasteiger partial charge in [0.1, 0.15) is 5.69 Å². The Morgan fingerprint density at radius 2 is 2.11 bits per heavy atom. The van der Waals surface area contributed by atoms with Gasteiger partial charge in [-0.2, -0.15) is 5.10 Å². The molecule has 0 saturated heterocycles. The molecule has 0 aliphatic carbocycles. The van der Waals surface area contributed by atoms with E-state index in [4.69, 9.17) is 16.6 Å². The number of carbonyl (C=O) groups excluding carboxylic acids is 1. The smallest absolute Gasteiger partial charge is 0.337 e. The molecule has 0 aliphatic rings. The lowest BCUT2D eigenvalue weighted by atomic mass is 10.2. The highest BCUT2D eigenvalue weighted by molar-refractivity contribution is 5.94. The number of carbonyl (C=O) groups is 2. The molecule has 0 fully saturated rings. The number of nitrogens with two attached hydrogens (primary N) is 2. The molecule has 0 spiro atoms. The van der Waals surface area contributed by atoms with Crippen LogP contribution in [-0.2, 0) is 0 Å². The summed E-state index contributed by atoms with van der Waals surface area (Å²) in [6.45, 7) is 0. The van der Waals surface area contributed by atoms with Gasteiger partial charge in [-0.05, 0) is 12.1 Å². The molecule has 2 aromatic heterocycles. The molecule has 0 aliphatic heterocycles. The molecule has 5 N–H and O–H groups in total. The number of carboxylic acids is 1. The number of hydrogen-bond donors (Lipinski definition) is 3. The van der Waals surface area contributed by atoms with Crippen LogP contribution in [0.15, 0.2) is 24.5 Å². The van der Waals surface area contributed by atoms with E-state index in [2.05, 4.69) is 10.1 Å². The fourth-order valence-corrected chi connectivity index (χ4v) is 1.35. The van der Waals surface area contributed by atoms with Gasteiger partial charge in [0, 0.05) is 6.20 Å². The van der Waals surface area contributed by atoms with Crippen LogP contribution in [0.3, 0.4) is 0 Å². The topological polar surface area (TPSA) is 137 Å². The van der Waals surface area contributed by atoms with Crippen LogP contribution < -0.4 is 11.5 Å². The van der Waals surface area contributed by atoms with E-state index in [0.29, 0.717) is 0 Å². The third-order valence-corrected chi connectivity index (χ3v) is 2.23. The molecule has 0 bridgehead atoms. The fraction of sp³-hybridized carbons (Fsp3) is 0.